The van der Waals surface area contributed by atoms with Crippen molar-refractivity contribution in [3.63, 3.8) is 0 Å². The molecular formula is C14H14N4O. The van der Waals surface area contributed by atoms with Gasteiger partial charge in [-0.1, -0.05) is 25.1 Å². The number of aromatic nitrogens is 2. The highest BCUT2D eigenvalue weighted by molar-refractivity contribution is 5.46. The Morgan fingerprint density at radius 3 is 2.84 bits per heavy atom. The molecule has 0 fully saturated rings. The van der Waals surface area contributed by atoms with Gasteiger partial charge in [0.05, 0.1) is 6.20 Å². The molecule has 0 saturated heterocycles. The van der Waals surface area contributed by atoms with E-state index in [1.54, 1.807) is 0 Å². The Kier molecular flexibility index (Phi) is 3.94. The van der Waals surface area contributed by atoms with E-state index in [4.69, 9.17) is 15.7 Å². The second kappa shape index (κ2) is 5.83. The monoisotopic (exact) mass is 254 g/mol. The molecule has 2 rings (SSSR count). The Balaban J connectivity index is 2.11. The fourth-order valence-electron chi connectivity index (χ4n) is 1.67. The van der Waals surface area contributed by atoms with Gasteiger partial charge in [0, 0.05) is 0 Å². The largest absolute Gasteiger partial charge is 0.485 e. The number of hydrogen-bond donors (Lipinski definition) is 1. The van der Waals surface area contributed by atoms with Crippen LogP contribution >= 0.6 is 0 Å². The van der Waals surface area contributed by atoms with E-state index in [1.165, 1.54) is 6.20 Å². The summed E-state index contributed by atoms with van der Waals surface area (Å²) in [5.74, 6) is 1.46. The number of anilines is 1. The number of para-hydroxylation sites is 1. The molecule has 0 aliphatic carbocycles. The first-order valence-corrected chi connectivity index (χ1v) is 5.96. The third-order valence-electron chi connectivity index (χ3n) is 2.70. The Hall–Kier alpha value is -2.61. The van der Waals surface area contributed by atoms with Crippen molar-refractivity contribution in [1.82, 2.24) is 9.97 Å². The first-order valence-electron chi connectivity index (χ1n) is 5.96. The number of aryl methyl sites for hydroxylation is 1. The fraction of sp³-hybridized carbons (Fsp3) is 0.214. The van der Waals surface area contributed by atoms with Gasteiger partial charge in [-0.2, -0.15) is 5.26 Å². The summed E-state index contributed by atoms with van der Waals surface area (Å²) >= 11 is 0. The van der Waals surface area contributed by atoms with Gasteiger partial charge in [0.1, 0.15) is 29.8 Å². The number of nitrogens with two attached hydrogens (primary N) is 1. The lowest BCUT2D eigenvalue weighted by Gasteiger charge is -2.09. The maximum absolute atomic E-state index is 8.74. The molecule has 0 radical (unpaired) electrons. The molecule has 0 unspecified atom stereocenters. The van der Waals surface area contributed by atoms with E-state index in [1.807, 2.05) is 30.3 Å². The van der Waals surface area contributed by atoms with Gasteiger partial charge in [-0.3, -0.25) is 0 Å². The molecule has 0 saturated carbocycles. The second-order valence-electron chi connectivity index (χ2n) is 3.95. The van der Waals surface area contributed by atoms with Crippen molar-refractivity contribution in [2.24, 2.45) is 0 Å². The quantitative estimate of drug-likeness (QED) is 0.902. The van der Waals surface area contributed by atoms with Crippen LogP contribution in [0.5, 0.6) is 5.75 Å². The van der Waals surface area contributed by atoms with Crippen LogP contribution in [0.3, 0.4) is 0 Å². The number of nitriles is 1. The zero-order valence-corrected chi connectivity index (χ0v) is 10.6. The van der Waals surface area contributed by atoms with Crippen molar-refractivity contribution in [2.45, 2.75) is 20.0 Å². The lowest BCUT2D eigenvalue weighted by molar-refractivity contribution is 0.293. The number of nitrogen functional groups attached to an aromatic ring is 1. The highest BCUT2D eigenvalue weighted by Crippen LogP contribution is 2.19. The maximum atomic E-state index is 8.74. The summed E-state index contributed by atoms with van der Waals surface area (Å²) in [5.41, 5.74) is 7.03. The minimum absolute atomic E-state index is 0.180. The van der Waals surface area contributed by atoms with Gasteiger partial charge < -0.3 is 10.5 Å². The topological polar surface area (TPSA) is 84.8 Å². The molecule has 0 aliphatic rings. The SMILES string of the molecule is CCc1ccccc1OCc1ncc(C#N)c(N)n1. The Labute approximate surface area is 111 Å². The van der Waals surface area contributed by atoms with Crippen LogP contribution in [0.1, 0.15) is 23.9 Å². The van der Waals surface area contributed by atoms with Crippen LogP contribution in [-0.4, -0.2) is 9.97 Å². The van der Waals surface area contributed by atoms with Crippen LogP contribution in [-0.2, 0) is 13.0 Å². The van der Waals surface area contributed by atoms with Crippen LogP contribution < -0.4 is 10.5 Å². The molecule has 0 aliphatic heterocycles. The molecule has 96 valence electrons. The summed E-state index contributed by atoms with van der Waals surface area (Å²) < 4.78 is 5.68. The van der Waals surface area contributed by atoms with Crippen molar-refractivity contribution in [1.29, 1.82) is 5.26 Å². The Morgan fingerprint density at radius 2 is 2.16 bits per heavy atom. The van der Waals surface area contributed by atoms with E-state index in [-0.39, 0.29) is 18.0 Å². The summed E-state index contributed by atoms with van der Waals surface area (Å²) in [7, 11) is 0. The van der Waals surface area contributed by atoms with E-state index in [9.17, 15) is 0 Å². The van der Waals surface area contributed by atoms with Crippen LogP contribution in [0.4, 0.5) is 5.82 Å². The van der Waals surface area contributed by atoms with Crippen molar-refractivity contribution < 1.29 is 4.74 Å². The van der Waals surface area contributed by atoms with Gasteiger partial charge in [0.25, 0.3) is 0 Å². The van der Waals surface area contributed by atoms with Crippen molar-refractivity contribution in [3.8, 4) is 11.8 Å². The van der Waals surface area contributed by atoms with Crippen LogP contribution in [0.2, 0.25) is 0 Å². The van der Waals surface area contributed by atoms with E-state index >= 15 is 0 Å². The molecular weight excluding hydrogens is 240 g/mol. The summed E-state index contributed by atoms with van der Waals surface area (Å²) in [6, 6.07) is 9.74. The first kappa shape index (κ1) is 12.8. The van der Waals surface area contributed by atoms with Crippen molar-refractivity contribution in [3.05, 3.63) is 47.4 Å². The minimum atomic E-state index is 0.180. The average Bonchev–Trinajstić information content (AvgIpc) is 2.45. The number of ether oxygens (including phenoxy) is 1. The number of nitrogens with zero attached hydrogens (tertiary/aromatic N) is 3. The zero-order valence-electron chi connectivity index (χ0n) is 10.6. The first-order chi connectivity index (χ1) is 9.24. The molecule has 2 aromatic rings. The van der Waals surface area contributed by atoms with Gasteiger partial charge in [-0.25, -0.2) is 9.97 Å². The van der Waals surface area contributed by atoms with E-state index < -0.39 is 0 Å². The summed E-state index contributed by atoms with van der Waals surface area (Å²) in [4.78, 5) is 8.08. The van der Waals surface area contributed by atoms with Crippen molar-refractivity contribution >= 4 is 5.82 Å². The fourth-order valence-corrected chi connectivity index (χ4v) is 1.67. The lowest BCUT2D eigenvalue weighted by Crippen LogP contribution is -2.06. The maximum Gasteiger partial charge on any atom is 0.168 e. The van der Waals surface area contributed by atoms with Gasteiger partial charge in [0.2, 0.25) is 0 Å². The lowest BCUT2D eigenvalue weighted by atomic mass is 10.1. The summed E-state index contributed by atoms with van der Waals surface area (Å²) in [5, 5.41) is 8.74. The molecule has 5 heteroatoms. The Bertz CT molecular complexity index is 619. The molecule has 0 atom stereocenters. The van der Waals surface area contributed by atoms with Gasteiger partial charge in [-0.05, 0) is 18.1 Å². The van der Waals surface area contributed by atoms with Crippen LogP contribution in [0.25, 0.3) is 0 Å². The highest BCUT2D eigenvalue weighted by atomic mass is 16.5. The standard InChI is InChI=1S/C14H14N4O/c1-2-10-5-3-4-6-12(10)19-9-13-17-8-11(7-15)14(16)18-13/h3-6,8H,2,9H2,1H3,(H2,16,17,18). The number of hydrogen-bond acceptors (Lipinski definition) is 5. The second-order valence-corrected chi connectivity index (χ2v) is 3.95. The predicted molar refractivity (Wildman–Crippen MR) is 71.3 cm³/mol. The third kappa shape index (κ3) is 2.99. The predicted octanol–water partition coefficient (Wildman–Crippen LogP) is 2.07. The van der Waals surface area contributed by atoms with E-state index in [0.717, 1.165) is 17.7 Å². The van der Waals surface area contributed by atoms with Gasteiger partial charge in [-0.15, -0.1) is 0 Å². The van der Waals surface area contributed by atoms with Crippen LogP contribution in [0, 0.1) is 11.3 Å². The molecule has 1 aromatic heterocycles. The molecule has 0 bridgehead atoms. The van der Waals surface area contributed by atoms with E-state index in [2.05, 4.69) is 16.9 Å². The smallest absolute Gasteiger partial charge is 0.168 e. The average molecular weight is 254 g/mol. The minimum Gasteiger partial charge on any atom is -0.485 e. The van der Waals surface area contributed by atoms with E-state index in [0.29, 0.717) is 5.82 Å². The summed E-state index contributed by atoms with van der Waals surface area (Å²) in [6.45, 7) is 2.30. The zero-order chi connectivity index (χ0) is 13.7. The molecule has 0 spiro atoms. The number of rotatable bonds is 4. The molecule has 5 nitrogen and oxygen atoms in total. The normalized spacial score (nSPS) is 9.89. The van der Waals surface area contributed by atoms with Crippen LogP contribution in [0.15, 0.2) is 30.5 Å². The Morgan fingerprint density at radius 1 is 1.37 bits per heavy atom. The van der Waals surface area contributed by atoms with Gasteiger partial charge in [0.15, 0.2) is 5.82 Å². The highest BCUT2D eigenvalue weighted by Gasteiger charge is 2.06. The molecule has 1 heterocycles. The number of benzene rings is 1. The molecule has 0 amide bonds. The summed E-state index contributed by atoms with van der Waals surface area (Å²) in [6.07, 6.45) is 2.30. The van der Waals surface area contributed by atoms with Gasteiger partial charge >= 0.3 is 0 Å². The molecule has 19 heavy (non-hydrogen) atoms. The molecule has 2 N–H and O–H groups in total. The third-order valence-corrected chi connectivity index (χ3v) is 2.70. The van der Waals surface area contributed by atoms with Crippen molar-refractivity contribution in [2.75, 3.05) is 5.73 Å². The molecule has 1 aromatic carbocycles.